The van der Waals surface area contributed by atoms with Crippen LogP contribution in [0.1, 0.15) is 45.4 Å². The first kappa shape index (κ1) is 14.3. The molecule has 2 aliphatic rings. The largest absolute Gasteiger partial charge is 0.512 e. The van der Waals surface area contributed by atoms with Crippen LogP contribution < -0.4 is 0 Å². The molecule has 0 aromatic rings. The van der Waals surface area contributed by atoms with Crippen molar-refractivity contribution in [3.63, 3.8) is 0 Å². The van der Waals surface area contributed by atoms with Gasteiger partial charge in [-0.05, 0) is 39.0 Å². The van der Waals surface area contributed by atoms with Crippen LogP contribution >= 0.6 is 0 Å². The Morgan fingerprint density at radius 3 is 2.84 bits per heavy atom. The highest BCUT2D eigenvalue weighted by molar-refractivity contribution is 5.90. The summed E-state index contributed by atoms with van der Waals surface area (Å²) in [7, 11) is 0. The van der Waals surface area contributed by atoms with E-state index < -0.39 is 12.1 Å². The highest BCUT2D eigenvalue weighted by Crippen LogP contribution is 2.38. The van der Waals surface area contributed by atoms with Crippen LogP contribution in [0.5, 0.6) is 0 Å². The van der Waals surface area contributed by atoms with Gasteiger partial charge in [-0.15, -0.1) is 0 Å². The highest BCUT2D eigenvalue weighted by Gasteiger charge is 2.39. The summed E-state index contributed by atoms with van der Waals surface area (Å²) in [5.74, 6) is -0.555. The maximum absolute atomic E-state index is 11.9. The third-order valence-electron chi connectivity index (χ3n) is 3.89. The lowest BCUT2D eigenvalue weighted by Crippen LogP contribution is -2.37. The van der Waals surface area contributed by atoms with E-state index in [2.05, 4.69) is 0 Å². The topological polar surface area (TPSA) is 87.0 Å². The number of carbonyl (C=O) groups is 1. The van der Waals surface area contributed by atoms with Crippen LogP contribution in [0.15, 0.2) is 11.3 Å². The number of hydrogen-bond donors (Lipinski definition) is 3. The predicted molar refractivity (Wildman–Crippen MR) is 68.4 cm³/mol. The van der Waals surface area contributed by atoms with Gasteiger partial charge in [0.2, 0.25) is 0 Å². The standard InChI is InChI=1S/C14H22O5/c1-8(15)3-2-4-11-6-9-5-10(16)7-12(17)13(9)14(18)19-11/h8-11,15-17H,2-7H2,1H3/t8-,9-,10+,11+/m0/s1. The van der Waals surface area contributed by atoms with Crippen molar-refractivity contribution in [1.29, 1.82) is 0 Å². The monoisotopic (exact) mass is 270 g/mol. The molecule has 4 atom stereocenters. The van der Waals surface area contributed by atoms with Crippen LogP contribution in [-0.2, 0) is 9.53 Å². The number of carbonyl (C=O) groups excluding carboxylic acids is 1. The smallest absolute Gasteiger partial charge is 0.337 e. The molecule has 0 bridgehead atoms. The maximum atomic E-state index is 11.9. The number of aliphatic hydroxyl groups excluding tert-OH is 3. The Labute approximate surface area is 112 Å². The SMILES string of the molecule is C[C@H](O)CCC[C@@H]1C[C@@H]2C[C@@H](O)CC(O)=C2C(=O)O1. The van der Waals surface area contributed by atoms with Gasteiger partial charge in [0.15, 0.2) is 0 Å². The Balaban J connectivity index is 1.96. The lowest BCUT2D eigenvalue weighted by atomic mass is 9.79. The van der Waals surface area contributed by atoms with E-state index in [9.17, 15) is 20.1 Å². The van der Waals surface area contributed by atoms with E-state index in [-0.39, 0.29) is 30.3 Å². The summed E-state index contributed by atoms with van der Waals surface area (Å²) in [5, 5.41) is 28.6. The number of hydrogen-bond acceptors (Lipinski definition) is 5. The van der Waals surface area contributed by atoms with Crippen LogP contribution in [0.2, 0.25) is 0 Å². The fourth-order valence-corrected chi connectivity index (χ4v) is 2.99. The summed E-state index contributed by atoms with van der Waals surface area (Å²) >= 11 is 0. The van der Waals surface area contributed by atoms with Gasteiger partial charge in [0.1, 0.15) is 11.9 Å². The summed E-state index contributed by atoms with van der Waals surface area (Å²) in [6.45, 7) is 1.74. The zero-order chi connectivity index (χ0) is 14.0. The average Bonchev–Trinajstić information content (AvgIpc) is 2.26. The van der Waals surface area contributed by atoms with E-state index in [0.717, 1.165) is 12.8 Å². The Bertz CT molecular complexity index is 374. The van der Waals surface area contributed by atoms with Crippen LogP contribution in [0.25, 0.3) is 0 Å². The van der Waals surface area contributed by atoms with Gasteiger partial charge in [0.25, 0.3) is 0 Å². The van der Waals surface area contributed by atoms with E-state index in [1.54, 1.807) is 6.92 Å². The third kappa shape index (κ3) is 3.48. The Hall–Kier alpha value is -1.07. The molecule has 0 unspecified atom stereocenters. The van der Waals surface area contributed by atoms with Gasteiger partial charge in [-0.3, -0.25) is 0 Å². The van der Waals surface area contributed by atoms with Gasteiger partial charge in [-0.2, -0.15) is 0 Å². The minimum atomic E-state index is -0.572. The number of ether oxygens (including phenoxy) is 1. The van der Waals surface area contributed by atoms with Gasteiger partial charge in [0, 0.05) is 12.3 Å². The molecule has 0 amide bonds. The molecule has 1 aliphatic carbocycles. The molecule has 1 saturated heterocycles. The van der Waals surface area contributed by atoms with Crippen molar-refractivity contribution in [3.8, 4) is 0 Å². The minimum absolute atomic E-state index is 0.0174. The molecule has 0 aromatic heterocycles. The molecule has 3 N–H and O–H groups in total. The molecule has 108 valence electrons. The van der Waals surface area contributed by atoms with Crippen molar-refractivity contribution in [2.45, 2.75) is 63.8 Å². The number of cyclic esters (lactones) is 1. The Morgan fingerprint density at radius 1 is 1.42 bits per heavy atom. The molecule has 2 rings (SSSR count). The first-order valence-electron chi connectivity index (χ1n) is 6.96. The molecule has 19 heavy (non-hydrogen) atoms. The van der Waals surface area contributed by atoms with Gasteiger partial charge in [-0.25, -0.2) is 4.79 Å². The second kappa shape index (κ2) is 5.92. The molecule has 0 saturated carbocycles. The zero-order valence-corrected chi connectivity index (χ0v) is 11.2. The second-order valence-electron chi connectivity index (χ2n) is 5.69. The van der Waals surface area contributed by atoms with Gasteiger partial charge in [0.05, 0.1) is 17.8 Å². The lowest BCUT2D eigenvalue weighted by Gasteiger charge is -2.35. The van der Waals surface area contributed by atoms with Gasteiger partial charge < -0.3 is 20.1 Å². The minimum Gasteiger partial charge on any atom is -0.512 e. The first-order valence-corrected chi connectivity index (χ1v) is 6.96. The van der Waals surface area contributed by atoms with Crippen molar-refractivity contribution < 1.29 is 24.9 Å². The summed E-state index contributed by atoms with van der Waals surface area (Å²) in [6.07, 6.45) is 2.45. The predicted octanol–water partition coefficient (Wildman–Crippen LogP) is 1.44. The number of aliphatic hydroxyl groups is 3. The number of fused-ring (bicyclic) bond motifs is 1. The van der Waals surface area contributed by atoms with E-state index >= 15 is 0 Å². The molecule has 5 nitrogen and oxygen atoms in total. The normalized spacial score (nSPS) is 32.8. The maximum Gasteiger partial charge on any atom is 0.337 e. The summed E-state index contributed by atoms with van der Waals surface area (Å²) < 4.78 is 5.32. The molecule has 1 heterocycles. The molecular weight excluding hydrogens is 248 g/mol. The number of rotatable bonds is 4. The van der Waals surface area contributed by atoms with Crippen LogP contribution in [0, 0.1) is 5.92 Å². The van der Waals surface area contributed by atoms with E-state index in [4.69, 9.17) is 4.74 Å². The third-order valence-corrected chi connectivity index (χ3v) is 3.89. The van der Waals surface area contributed by atoms with Gasteiger partial charge in [-0.1, -0.05) is 0 Å². The van der Waals surface area contributed by atoms with E-state index in [0.29, 0.717) is 24.8 Å². The van der Waals surface area contributed by atoms with Crippen molar-refractivity contribution in [1.82, 2.24) is 0 Å². The molecule has 1 fully saturated rings. The summed E-state index contributed by atoms with van der Waals surface area (Å²) in [4.78, 5) is 11.9. The van der Waals surface area contributed by atoms with Crippen LogP contribution in [-0.4, -0.2) is 39.6 Å². The van der Waals surface area contributed by atoms with Crippen LogP contribution in [0.4, 0.5) is 0 Å². The summed E-state index contributed by atoms with van der Waals surface area (Å²) in [6, 6.07) is 0. The zero-order valence-electron chi connectivity index (χ0n) is 11.2. The van der Waals surface area contributed by atoms with Crippen molar-refractivity contribution in [3.05, 3.63) is 11.3 Å². The lowest BCUT2D eigenvalue weighted by molar-refractivity contribution is -0.151. The molecule has 1 aliphatic heterocycles. The van der Waals surface area contributed by atoms with E-state index in [1.807, 2.05) is 0 Å². The molecule has 5 heteroatoms. The molecular formula is C14H22O5. The van der Waals surface area contributed by atoms with E-state index in [1.165, 1.54) is 0 Å². The van der Waals surface area contributed by atoms with Crippen molar-refractivity contribution >= 4 is 5.97 Å². The Morgan fingerprint density at radius 2 is 2.16 bits per heavy atom. The Kier molecular flexibility index (Phi) is 4.47. The molecule has 0 radical (unpaired) electrons. The molecule has 0 spiro atoms. The first-order chi connectivity index (χ1) is 8.97. The summed E-state index contributed by atoms with van der Waals surface area (Å²) in [5.41, 5.74) is 0.358. The fourth-order valence-electron chi connectivity index (χ4n) is 2.99. The van der Waals surface area contributed by atoms with Crippen molar-refractivity contribution in [2.75, 3.05) is 0 Å². The average molecular weight is 270 g/mol. The number of esters is 1. The second-order valence-corrected chi connectivity index (χ2v) is 5.69. The van der Waals surface area contributed by atoms with Crippen LogP contribution in [0.3, 0.4) is 0 Å². The highest BCUT2D eigenvalue weighted by atomic mass is 16.5. The molecule has 0 aromatic carbocycles. The quantitative estimate of drug-likeness (QED) is 0.673. The van der Waals surface area contributed by atoms with Gasteiger partial charge >= 0.3 is 5.97 Å². The van der Waals surface area contributed by atoms with Crippen molar-refractivity contribution in [2.24, 2.45) is 5.92 Å². The fraction of sp³-hybridized carbons (Fsp3) is 0.786.